The number of alkyl halides is 1. The molecular weight excluding hydrogens is 252 g/mol. The summed E-state index contributed by atoms with van der Waals surface area (Å²) in [6, 6.07) is 4.72. The van der Waals surface area contributed by atoms with Gasteiger partial charge in [0, 0.05) is 0 Å². The molecule has 1 atom stereocenters. The largest absolute Gasteiger partial charge is 0.118 e. The van der Waals surface area contributed by atoms with Crippen LogP contribution in [0.4, 0.5) is 0 Å². The number of hydrogen-bond donors (Lipinski definition) is 0. The number of hydrogen-bond acceptors (Lipinski definition) is 0. The van der Waals surface area contributed by atoms with Crippen molar-refractivity contribution in [3.63, 3.8) is 0 Å². The molecule has 0 radical (unpaired) electrons. The van der Waals surface area contributed by atoms with Crippen molar-refractivity contribution in [3.05, 3.63) is 34.4 Å². The maximum atomic E-state index is 6.71. The SMILES string of the molecule is CCc1cc(CC)c(C(Cl)CCC(C)C)c(CC)c1. The number of aryl methyl sites for hydroxylation is 3. The van der Waals surface area contributed by atoms with E-state index >= 15 is 0 Å². The summed E-state index contributed by atoms with van der Waals surface area (Å²) in [5.41, 5.74) is 5.79. The first-order chi connectivity index (χ1) is 9.03. The first-order valence-corrected chi connectivity index (χ1v) is 8.25. The summed E-state index contributed by atoms with van der Waals surface area (Å²) in [7, 11) is 0. The molecule has 1 aromatic carbocycles. The molecule has 19 heavy (non-hydrogen) atoms. The second kappa shape index (κ2) is 7.94. The van der Waals surface area contributed by atoms with E-state index in [1.807, 2.05) is 0 Å². The van der Waals surface area contributed by atoms with Gasteiger partial charge in [0.25, 0.3) is 0 Å². The van der Waals surface area contributed by atoms with Crippen molar-refractivity contribution in [2.24, 2.45) is 5.92 Å². The summed E-state index contributed by atoms with van der Waals surface area (Å²) >= 11 is 6.71. The van der Waals surface area contributed by atoms with Gasteiger partial charge >= 0.3 is 0 Å². The van der Waals surface area contributed by atoms with Crippen LogP contribution in [0.25, 0.3) is 0 Å². The highest BCUT2D eigenvalue weighted by Crippen LogP contribution is 2.34. The van der Waals surface area contributed by atoms with E-state index < -0.39 is 0 Å². The Labute approximate surface area is 124 Å². The Bertz CT molecular complexity index is 368. The molecule has 0 aliphatic rings. The van der Waals surface area contributed by atoms with Gasteiger partial charge in [0.15, 0.2) is 0 Å². The predicted molar refractivity (Wildman–Crippen MR) is 87.2 cm³/mol. The fourth-order valence-corrected chi connectivity index (χ4v) is 3.07. The van der Waals surface area contributed by atoms with Gasteiger partial charge < -0.3 is 0 Å². The van der Waals surface area contributed by atoms with Crippen molar-refractivity contribution < 1.29 is 0 Å². The van der Waals surface area contributed by atoms with Gasteiger partial charge in [0.2, 0.25) is 0 Å². The van der Waals surface area contributed by atoms with Crippen LogP contribution in [0.15, 0.2) is 12.1 Å². The van der Waals surface area contributed by atoms with Crippen molar-refractivity contribution in [1.29, 1.82) is 0 Å². The second-order valence-corrected chi connectivity index (χ2v) is 6.35. The molecule has 1 unspecified atom stereocenters. The zero-order valence-corrected chi connectivity index (χ0v) is 14.0. The third-order valence-electron chi connectivity index (χ3n) is 3.89. The maximum absolute atomic E-state index is 6.71. The van der Waals surface area contributed by atoms with E-state index in [2.05, 4.69) is 46.8 Å². The zero-order valence-electron chi connectivity index (χ0n) is 13.2. The van der Waals surface area contributed by atoms with Crippen LogP contribution < -0.4 is 0 Å². The van der Waals surface area contributed by atoms with Gasteiger partial charge in [-0.3, -0.25) is 0 Å². The van der Waals surface area contributed by atoms with Gasteiger partial charge in [-0.15, -0.1) is 11.6 Å². The fourth-order valence-electron chi connectivity index (χ4n) is 2.67. The van der Waals surface area contributed by atoms with Crippen LogP contribution in [0.2, 0.25) is 0 Å². The van der Waals surface area contributed by atoms with Crippen LogP contribution in [0.5, 0.6) is 0 Å². The Morgan fingerprint density at radius 3 is 1.79 bits per heavy atom. The summed E-state index contributed by atoms with van der Waals surface area (Å²) in [4.78, 5) is 0. The number of rotatable bonds is 7. The third-order valence-corrected chi connectivity index (χ3v) is 4.33. The van der Waals surface area contributed by atoms with Crippen LogP contribution in [0.3, 0.4) is 0 Å². The van der Waals surface area contributed by atoms with Crippen molar-refractivity contribution in [3.8, 4) is 0 Å². The van der Waals surface area contributed by atoms with E-state index in [1.54, 1.807) is 0 Å². The Balaban J connectivity index is 3.08. The van der Waals surface area contributed by atoms with Crippen molar-refractivity contribution >= 4 is 11.6 Å². The molecule has 1 aromatic rings. The first kappa shape index (κ1) is 16.6. The molecule has 0 bridgehead atoms. The molecule has 1 heteroatoms. The summed E-state index contributed by atoms with van der Waals surface area (Å²) < 4.78 is 0. The van der Waals surface area contributed by atoms with E-state index in [-0.39, 0.29) is 5.38 Å². The fraction of sp³-hybridized carbons (Fsp3) is 0.667. The monoisotopic (exact) mass is 280 g/mol. The van der Waals surface area contributed by atoms with Crippen LogP contribution in [0.1, 0.15) is 75.1 Å². The molecule has 108 valence electrons. The molecule has 0 amide bonds. The quantitative estimate of drug-likeness (QED) is 0.530. The number of halogens is 1. The minimum Gasteiger partial charge on any atom is -0.118 e. The highest BCUT2D eigenvalue weighted by Gasteiger charge is 2.17. The minimum absolute atomic E-state index is 0.179. The zero-order chi connectivity index (χ0) is 14.4. The average molecular weight is 281 g/mol. The lowest BCUT2D eigenvalue weighted by atomic mass is 9.89. The van der Waals surface area contributed by atoms with Gasteiger partial charge in [-0.1, -0.05) is 46.8 Å². The van der Waals surface area contributed by atoms with E-state index in [0.717, 1.165) is 31.6 Å². The molecule has 0 heterocycles. The van der Waals surface area contributed by atoms with Crippen molar-refractivity contribution in [1.82, 2.24) is 0 Å². The third kappa shape index (κ3) is 4.53. The highest BCUT2D eigenvalue weighted by molar-refractivity contribution is 6.21. The topological polar surface area (TPSA) is 0 Å². The van der Waals surface area contributed by atoms with E-state index in [4.69, 9.17) is 11.6 Å². The molecule has 0 aromatic heterocycles. The normalized spacial score (nSPS) is 13.0. The molecule has 1 rings (SSSR count). The molecule has 0 N–H and O–H groups in total. The van der Waals surface area contributed by atoms with Gasteiger partial charge in [-0.25, -0.2) is 0 Å². The average Bonchev–Trinajstić information content (AvgIpc) is 2.42. The molecular formula is C18H29Cl. The highest BCUT2D eigenvalue weighted by atomic mass is 35.5. The first-order valence-electron chi connectivity index (χ1n) is 7.81. The van der Waals surface area contributed by atoms with E-state index in [9.17, 15) is 0 Å². The summed E-state index contributed by atoms with van der Waals surface area (Å²) in [6.07, 6.45) is 5.57. The summed E-state index contributed by atoms with van der Waals surface area (Å²) in [5.74, 6) is 0.728. The summed E-state index contributed by atoms with van der Waals surface area (Å²) in [6.45, 7) is 11.2. The molecule has 0 fully saturated rings. The second-order valence-electron chi connectivity index (χ2n) is 5.83. The molecule has 0 saturated heterocycles. The van der Waals surface area contributed by atoms with Gasteiger partial charge in [0.1, 0.15) is 0 Å². The van der Waals surface area contributed by atoms with Crippen LogP contribution >= 0.6 is 11.6 Å². The summed E-state index contributed by atoms with van der Waals surface area (Å²) in [5, 5.41) is 0.179. The molecule has 0 saturated carbocycles. The Morgan fingerprint density at radius 2 is 1.42 bits per heavy atom. The Kier molecular flexibility index (Phi) is 6.93. The number of benzene rings is 1. The Morgan fingerprint density at radius 1 is 0.895 bits per heavy atom. The molecule has 0 aliphatic carbocycles. The molecule has 0 spiro atoms. The van der Waals surface area contributed by atoms with E-state index in [0.29, 0.717) is 0 Å². The van der Waals surface area contributed by atoms with Crippen LogP contribution in [0, 0.1) is 5.92 Å². The Hall–Kier alpha value is -0.490. The van der Waals surface area contributed by atoms with Gasteiger partial charge in [-0.2, -0.15) is 0 Å². The van der Waals surface area contributed by atoms with Crippen molar-refractivity contribution in [2.45, 2.75) is 72.1 Å². The molecule has 0 aliphatic heterocycles. The lowest BCUT2D eigenvalue weighted by Gasteiger charge is -2.20. The predicted octanol–water partition coefficient (Wildman–Crippen LogP) is 6.09. The standard InChI is InChI=1S/C18H29Cl/c1-6-14-11-15(7-2)18(16(8-3)12-14)17(19)10-9-13(4)5/h11-13,17H,6-10H2,1-5H3. The smallest absolute Gasteiger partial charge is 0.0590 e. The van der Waals surface area contributed by atoms with E-state index in [1.165, 1.54) is 28.7 Å². The van der Waals surface area contributed by atoms with Crippen LogP contribution in [-0.2, 0) is 19.3 Å². The lowest BCUT2D eigenvalue weighted by molar-refractivity contribution is 0.547. The minimum atomic E-state index is 0.179. The maximum Gasteiger partial charge on any atom is 0.0590 e. The lowest BCUT2D eigenvalue weighted by Crippen LogP contribution is -2.05. The van der Waals surface area contributed by atoms with Crippen molar-refractivity contribution in [2.75, 3.05) is 0 Å². The van der Waals surface area contributed by atoms with Gasteiger partial charge in [-0.05, 0) is 60.3 Å². The van der Waals surface area contributed by atoms with Crippen LogP contribution in [-0.4, -0.2) is 0 Å². The van der Waals surface area contributed by atoms with Gasteiger partial charge in [0.05, 0.1) is 5.38 Å². The molecule has 0 nitrogen and oxygen atoms in total.